The fraction of sp³-hybridized carbons (Fsp3) is 0.957. The predicted octanol–water partition coefficient (Wildman–Crippen LogP) is 16.6. The van der Waals surface area contributed by atoms with Gasteiger partial charge in [-0.3, -0.25) is 4.79 Å². The number of unbranched alkanes of at least 4 members (excludes halogenated alkanes) is 48. The summed E-state index contributed by atoms with van der Waals surface area (Å²) in [6, 6.07) is -1.17. The van der Waals surface area contributed by atoms with Crippen LogP contribution in [-0.2, 0) is 14.3 Å². The summed E-state index contributed by atoms with van der Waals surface area (Å²) >= 11 is 0. The van der Waals surface area contributed by atoms with Gasteiger partial charge in [0.1, 0.15) is 36.6 Å². The largest absolute Gasteiger partial charge is 0.394 e. The fourth-order valence-corrected chi connectivity index (χ4v) is 11.7. The van der Waals surface area contributed by atoms with Gasteiger partial charge in [-0.05, 0) is 38.5 Å². The molecule has 80 heavy (non-hydrogen) atoms. The van der Waals surface area contributed by atoms with E-state index >= 15 is 0 Å². The van der Waals surface area contributed by atoms with E-state index < -0.39 is 74.2 Å². The molecule has 0 bridgehead atoms. The monoisotopic (exact) mass is 1140 g/mol. The Balaban J connectivity index is 2.18. The van der Waals surface area contributed by atoms with Gasteiger partial charge in [-0.1, -0.05) is 328 Å². The second kappa shape index (κ2) is 58.2. The molecule has 1 fully saturated rings. The molecule has 11 nitrogen and oxygen atoms in total. The number of hydrogen-bond acceptors (Lipinski definition) is 10. The number of carbonyl (C=O) groups is 1. The molecule has 1 aliphatic heterocycles. The summed E-state index contributed by atoms with van der Waals surface area (Å²) in [4.78, 5) is 13.2. The van der Waals surface area contributed by atoms with Gasteiger partial charge in [-0.15, -0.1) is 0 Å². The van der Waals surface area contributed by atoms with Crippen LogP contribution in [0, 0.1) is 0 Å². The highest BCUT2D eigenvalue weighted by molar-refractivity contribution is 5.80. The SMILES string of the molecule is CCCCCCCCCCCCC/C=C\CCCCCCCCC(O)C(=O)NC(COC1OC(CO)C(O)C(O)C1O)C(O)C(O)CCCCCCCCCCCCCCCCCCCCCCCCCCCCCCCCCC. The van der Waals surface area contributed by atoms with Gasteiger partial charge in [-0.25, -0.2) is 0 Å². The van der Waals surface area contributed by atoms with E-state index in [1.54, 1.807) is 0 Å². The van der Waals surface area contributed by atoms with Gasteiger partial charge < -0.3 is 50.5 Å². The van der Waals surface area contributed by atoms with Crippen LogP contribution >= 0.6 is 0 Å². The third kappa shape index (κ3) is 45.2. The highest BCUT2D eigenvalue weighted by Crippen LogP contribution is 2.24. The number of amides is 1. The molecule has 8 N–H and O–H groups in total. The number of ether oxygens (including phenoxy) is 2. The van der Waals surface area contributed by atoms with Gasteiger partial charge in [0.2, 0.25) is 5.91 Å². The molecular weight excluding hydrogens is 1000 g/mol. The zero-order valence-corrected chi connectivity index (χ0v) is 52.6. The lowest BCUT2D eigenvalue weighted by Gasteiger charge is -2.40. The Morgan fingerprint density at radius 2 is 0.725 bits per heavy atom. The first kappa shape index (κ1) is 76.9. The van der Waals surface area contributed by atoms with Gasteiger partial charge in [0.15, 0.2) is 6.29 Å². The van der Waals surface area contributed by atoms with Crippen molar-refractivity contribution < 1.29 is 50.0 Å². The Kier molecular flexibility index (Phi) is 56.0. The summed E-state index contributed by atoms with van der Waals surface area (Å²) < 4.78 is 11.2. The number of hydrogen-bond donors (Lipinski definition) is 8. The maximum atomic E-state index is 13.2. The Labute approximate surface area is 493 Å². The Morgan fingerprint density at radius 1 is 0.425 bits per heavy atom. The Bertz CT molecular complexity index is 1310. The molecule has 0 aromatic rings. The van der Waals surface area contributed by atoms with Crippen molar-refractivity contribution in [2.75, 3.05) is 13.2 Å². The zero-order chi connectivity index (χ0) is 58.2. The van der Waals surface area contributed by atoms with E-state index in [9.17, 15) is 40.5 Å². The van der Waals surface area contributed by atoms with Crippen LogP contribution in [0.1, 0.15) is 354 Å². The van der Waals surface area contributed by atoms with E-state index in [1.807, 2.05) is 0 Å². The molecule has 1 heterocycles. The number of aliphatic hydroxyl groups excluding tert-OH is 7. The Hall–Kier alpha value is -1.15. The summed E-state index contributed by atoms with van der Waals surface area (Å²) in [5, 5.41) is 76.5. The molecule has 0 saturated carbocycles. The lowest BCUT2D eigenvalue weighted by Crippen LogP contribution is -2.60. The minimum Gasteiger partial charge on any atom is -0.394 e. The van der Waals surface area contributed by atoms with E-state index in [2.05, 4.69) is 31.3 Å². The molecule has 11 heteroatoms. The van der Waals surface area contributed by atoms with Crippen LogP contribution < -0.4 is 5.32 Å². The van der Waals surface area contributed by atoms with Gasteiger partial charge in [0.05, 0.1) is 25.4 Å². The molecular formula is C69H135NO10. The predicted molar refractivity (Wildman–Crippen MR) is 335 cm³/mol. The summed E-state index contributed by atoms with van der Waals surface area (Å²) in [6.45, 7) is 3.51. The van der Waals surface area contributed by atoms with Crippen molar-refractivity contribution in [1.82, 2.24) is 5.32 Å². The molecule has 9 unspecified atom stereocenters. The standard InChI is InChI=1S/C69H135NO10/c1-3-5-7-9-11-13-15-17-19-21-23-25-26-27-28-29-30-31-32-33-34-35-37-38-40-42-44-46-48-50-52-54-56-61(72)64(74)60(59-79-69-67(77)66(76)65(75)63(58-71)80-69)70-68(78)62(73)57-55-53-51-49-47-45-43-41-39-36-24-22-20-18-16-14-12-10-8-6-4-2/h39,41,60-67,69,71-77H,3-38,40,42-59H2,1-2H3,(H,70,78)/b41-39-. The van der Waals surface area contributed by atoms with Crippen molar-refractivity contribution in [1.29, 1.82) is 0 Å². The van der Waals surface area contributed by atoms with Crippen LogP contribution in [0.4, 0.5) is 0 Å². The Morgan fingerprint density at radius 3 is 1.05 bits per heavy atom. The summed E-state index contributed by atoms with van der Waals surface area (Å²) in [5.41, 5.74) is 0. The van der Waals surface area contributed by atoms with Gasteiger partial charge in [0.25, 0.3) is 0 Å². The van der Waals surface area contributed by atoms with Crippen molar-refractivity contribution in [2.24, 2.45) is 0 Å². The highest BCUT2D eigenvalue weighted by atomic mass is 16.7. The second-order valence-electron chi connectivity index (χ2n) is 25.0. The normalized spacial score (nSPS) is 19.2. The molecule has 0 radical (unpaired) electrons. The van der Waals surface area contributed by atoms with Gasteiger partial charge in [0, 0.05) is 0 Å². The number of nitrogens with one attached hydrogen (secondary N) is 1. The van der Waals surface area contributed by atoms with E-state index in [-0.39, 0.29) is 6.42 Å². The van der Waals surface area contributed by atoms with Crippen LogP contribution in [0.2, 0.25) is 0 Å². The minimum atomic E-state index is -1.66. The third-order valence-corrected chi connectivity index (χ3v) is 17.3. The molecule has 1 saturated heterocycles. The zero-order valence-electron chi connectivity index (χ0n) is 52.6. The molecule has 0 aromatic carbocycles. The first-order valence-corrected chi connectivity index (χ1v) is 35.1. The summed E-state index contributed by atoms with van der Waals surface area (Å²) in [5.74, 6) is -0.695. The van der Waals surface area contributed by atoms with Crippen LogP contribution in [-0.4, -0.2) is 110 Å². The van der Waals surface area contributed by atoms with Crippen molar-refractivity contribution in [3.05, 3.63) is 12.2 Å². The maximum absolute atomic E-state index is 13.2. The van der Waals surface area contributed by atoms with Gasteiger partial charge in [-0.2, -0.15) is 0 Å². The van der Waals surface area contributed by atoms with Crippen LogP contribution in [0.5, 0.6) is 0 Å². The topological polar surface area (TPSA) is 189 Å². The van der Waals surface area contributed by atoms with Crippen molar-refractivity contribution in [2.45, 2.75) is 409 Å². The van der Waals surface area contributed by atoms with Crippen molar-refractivity contribution in [3.63, 3.8) is 0 Å². The van der Waals surface area contributed by atoms with E-state index in [0.29, 0.717) is 19.3 Å². The lowest BCUT2D eigenvalue weighted by atomic mass is 9.98. The summed E-state index contributed by atoms with van der Waals surface area (Å²) in [6.07, 6.45) is 60.1. The molecule has 0 aromatic heterocycles. The smallest absolute Gasteiger partial charge is 0.249 e. The molecule has 1 rings (SSSR count). The molecule has 9 atom stereocenters. The number of allylic oxidation sites excluding steroid dienone is 2. The summed E-state index contributed by atoms with van der Waals surface area (Å²) in [7, 11) is 0. The average Bonchev–Trinajstić information content (AvgIpc) is 3.48. The van der Waals surface area contributed by atoms with Crippen LogP contribution in [0.3, 0.4) is 0 Å². The van der Waals surface area contributed by atoms with E-state index in [4.69, 9.17) is 9.47 Å². The third-order valence-electron chi connectivity index (χ3n) is 17.3. The number of aliphatic hydroxyl groups is 7. The molecule has 1 amide bonds. The maximum Gasteiger partial charge on any atom is 0.249 e. The quantitative estimate of drug-likeness (QED) is 0.0215. The molecule has 0 spiro atoms. The number of rotatable bonds is 62. The molecule has 0 aliphatic carbocycles. The molecule has 476 valence electrons. The van der Waals surface area contributed by atoms with E-state index in [0.717, 1.165) is 51.4 Å². The van der Waals surface area contributed by atoms with Crippen LogP contribution in [0.15, 0.2) is 12.2 Å². The first-order chi connectivity index (χ1) is 39.2. The van der Waals surface area contributed by atoms with Crippen molar-refractivity contribution >= 4 is 5.91 Å². The number of carbonyl (C=O) groups excluding carboxylic acids is 1. The first-order valence-electron chi connectivity index (χ1n) is 35.1. The second-order valence-corrected chi connectivity index (χ2v) is 25.0. The van der Waals surface area contributed by atoms with E-state index in [1.165, 1.54) is 263 Å². The fourth-order valence-electron chi connectivity index (χ4n) is 11.7. The average molecular weight is 1140 g/mol. The minimum absolute atomic E-state index is 0.256. The van der Waals surface area contributed by atoms with Crippen LogP contribution in [0.25, 0.3) is 0 Å². The van der Waals surface area contributed by atoms with Crippen molar-refractivity contribution in [3.8, 4) is 0 Å². The van der Waals surface area contributed by atoms with Gasteiger partial charge >= 0.3 is 0 Å². The highest BCUT2D eigenvalue weighted by Gasteiger charge is 2.44. The lowest BCUT2D eigenvalue weighted by molar-refractivity contribution is -0.303. The molecule has 1 aliphatic rings.